The highest BCUT2D eigenvalue weighted by Crippen LogP contribution is 2.28. The molecular formula is C11H14ClFN2O. The fourth-order valence-corrected chi connectivity index (χ4v) is 2.00. The van der Waals surface area contributed by atoms with Crippen LogP contribution < -0.4 is 5.32 Å². The summed E-state index contributed by atoms with van der Waals surface area (Å²) in [6.07, 6.45) is 0. The molecule has 1 aliphatic heterocycles. The van der Waals surface area contributed by atoms with Gasteiger partial charge in [0.05, 0.1) is 0 Å². The van der Waals surface area contributed by atoms with Gasteiger partial charge in [0.25, 0.3) is 0 Å². The minimum absolute atomic E-state index is 0.187. The Morgan fingerprint density at radius 3 is 2.75 bits per heavy atom. The SMILES string of the molecule is Oc1ccc(CN2CCNCC2)c(F)c1Cl. The van der Waals surface area contributed by atoms with Crippen molar-refractivity contribution in [1.29, 1.82) is 0 Å². The summed E-state index contributed by atoms with van der Waals surface area (Å²) in [5.41, 5.74) is 0.532. The molecule has 0 aliphatic carbocycles. The summed E-state index contributed by atoms with van der Waals surface area (Å²) in [6, 6.07) is 3.02. The van der Waals surface area contributed by atoms with Crippen molar-refractivity contribution in [2.24, 2.45) is 0 Å². The summed E-state index contributed by atoms with van der Waals surface area (Å²) in [4.78, 5) is 2.16. The number of aromatic hydroxyl groups is 1. The van der Waals surface area contributed by atoms with E-state index in [1.54, 1.807) is 6.07 Å². The van der Waals surface area contributed by atoms with Crippen LogP contribution in [0.5, 0.6) is 5.75 Å². The first-order valence-electron chi connectivity index (χ1n) is 5.27. The quantitative estimate of drug-likeness (QED) is 0.830. The van der Waals surface area contributed by atoms with Crippen molar-refractivity contribution >= 4 is 11.6 Å². The maximum Gasteiger partial charge on any atom is 0.150 e. The average molecular weight is 245 g/mol. The molecule has 1 aromatic carbocycles. The van der Waals surface area contributed by atoms with Crippen molar-refractivity contribution in [1.82, 2.24) is 10.2 Å². The van der Waals surface area contributed by atoms with E-state index in [0.29, 0.717) is 12.1 Å². The molecule has 0 aromatic heterocycles. The van der Waals surface area contributed by atoms with E-state index in [2.05, 4.69) is 10.2 Å². The van der Waals surface area contributed by atoms with Crippen LogP contribution >= 0.6 is 11.6 Å². The Bertz CT molecular complexity index is 380. The van der Waals surface area contributed by atoms with E-state index in [1.807, 2.05) is 0 Å². The molecule has 0 spiro atoms. The van der Waals surface area contributed by atoms with Crippen LogP contribution in [0.3, 0.4) is 0 Å². The Morgan fingerprint density at radius 1 is 1.38 bits per heavy atom. The summed E-state index contributed by atoms with van der Waals surface area (Å²) < 4.78 is 13.7. The molecule has 16 heavy (non-hydrogen) atoms. The molecule has 0 atom stereocenters. The van der Waals surface area contributed by atoms with Gasteiger partial charge in [-0.1, -0.05) is 17.7 Å². The maximum atomic E-state index is 13.7. The Hall–Kier alpha value is -0.840. The molecule has 88 valence electrons. The first kappa shape index (κ1) is 11.6. The summed E-state index contributed by atoms with van der Waals surface area (Å²) in [5.74, 6) is -0.719. The number of halogens is 2. The largest absolute Gasteiger partial charge is 0.506 e. The zero-order valence-corrected chi connectivity index (χ0v) is 9.60. The molecule has 3 nitrogen and oxygen atoms in total. The molecule has 0 radical (unpaired) electrons. The summed E-state index contributed by atoms with van der Waals surface area (Å²) in [5, 5.41) is 12.3. The third-order valence-electron chi connectivity index (χ3n) is 2.75. The molecule has 0 amide bonds. The minimum Gasteiger partial charge on any atom is -0.506 e. The van der Waals surface area contributed by atoms with Crippen molar-refractivity contribution in [2.45, 2.75) is 6.54 Å². The number of piperazine rings is 1. The Labute approximate surface area is 98.8 Å². The van der Waals surface area contributed by atoms with Crippen LogP contribution in [0.25, 0.3) is 0 Å². The van der Waals surface area contributed by atoms with Crippen LogP contribution in [0.4, 0.5) is 4.39 Å². The second-order valence-electron chi connectivity index (χ2n) is 3.90. The molecule has 0 saturated carbocycles. The van der Waals surface area contributed by atoms with Gasteiger partial charge in [-0.15, -0.1) is 0 Å². The maximum absolute atomic E-state index is 13.7. The number of hydrogen-bond acceptors (Lipinski definition) is 3. The van der Waals surface area contributed by atoms with E-state index in [0.717, 1.165) is 26.2 Å². The van der Waals surface area contributed by atoms with E-state index < -0.39 is 5.82 Å². The van der Waals surface area contributed by atoms with Gasteiger partial charge < -0.3 is 10.4 Å². The molecule has 1 saturated heterocycles. The molecule has 0 bridgehead atoms. The van der Waals surface area contributed by atoms with Gasteiger partial charge in [0.2, 0.25) is 0 Å². The molecule has 5 heteroatoms. The normalized spacial score (nSPS) is 17.6. The predicted octanol–water partition coefficient (Wildman–Crippen LogP) is 1.59. The van der Waals surface area contributed by atoms with Gasteiger partial charge in [0.1, 0.15) is 16.6 Å². The zero-order valence-electron chi connectivity index (χ0n) is 8.84. The smallest absolute Gasteiger partial charge is 0.150 e. The van der Waals surface area contributed by atoms with Crippen LogP contribution in [0.2, 0.25) is 5.02 Å². The van der Waals surface area contributed by atoms with Gasteiger partial charge >= 0.3 is 0 Å². The highest BCUT2D eigenvalue weighted by atomic mass is 35.5. The number of nitrogens with one attached hydrogen (secondary N) is 1. The van der Waals surface area contributed by atoms with Crippen molar-refractivity contribution in [3.8, 4) is 5.75 Å². The Kier molecular flexibility index (Phi) is 3.63. The van der Waals surface area contributed by atoms with Crippen molar-refractivity contribution < 1.29 is 9.50 Å². The number of nitrogens with zero attached hydrogens (tertiary/aromatic N) is 1. The van der Waals surface area contributed by atoms with Gasteiger partial charge in [0, 0.05) is 38.3 Å². The molecule has 1 heterocycles. The van der Waals surface area contributed by atoms with Crippen LogP contribution in [0, 0.1) is 5.82 Å². The molecule has 1 aromatic rings. The van der Waals surface area contributed by atoms with Gasteiger partial charge in [-0.25, -0.2) is 4.39 Å². The predicted molar refractivity (Wildman–Crippen MR) is 61.2 cm³/mol. The Balaban J connectivity index is 2.11. The number of hydrogen-bond donors (Lipinski definition) is 2. The first-order valence-corrected chi connectivity index (χ1v) is 5.65. The average Bonchev–Trinajstić information content (AvgIpc) is 2.31. The fraction of sp³-hybridized carbons (Fsp3) is 0.455. The van der Waals surface area contributed by atoms with E-state index in [-0.39, 0.29) is 10.8 Å². The first-order chi connectivity index (χ1) is 7.68. The lowest BCUT2D eigenvalue weighted by Crippen LogP contribution is -2.43. The molecular weight excluding hydrogens is 231 g/mol. The van der Waals surface area contributed by atoms with E-state index in [1.165, 1.54) is 6.07 Å². The molecule has 2 rings (SSSR count). The monoisotopic (exact) mass is 244 g/mol. The summed E-state index contributed by atoms with van der Waals surface area (Å²) in [6.45, 7) is 4.18. The standard InChI is InChI=1S/C11H14ClFN2O/c12-10-9(16)2-1-8(11(10)13)7-15-5-3-14-4-6-15/h1-2,14,16H,3-7H2. The lowest BCUT2D eigenvalue weighted by atomic mass is 10.1. The zero-order chi connectivity index (χ0) is 11.5. The highest BCUT2D eigenvalue weighted by molar-refractivity contribution is 6.32. The minimum atomic E-state index is -0.514. The fourth-order valence-electron chi connectivity index (χ4n) is 1.81. The third kappa shape index (κ3) is 2.45. The van der Waals surface area contributed by atoms with Crippen molar-refractivity contribution in [2.75, 3.05) is 26.2 Å². The van der Waals surface area contributed by atoms with Gasteiger partial charge in [0.15, 0.2) is 0 Å². The second kappa shape index (κ2) is 4.99. The van der Waals surface area contributed by atoms with Crippen LogP contribution in [-0.4, -0.2) is 36.2 Å². The van der Waals surface area contributed by atoms with Gasteiger partial charge in [-0.05, 0) is 6.07 Å². The highest BCUT2D eigenvalue weighted by Gasteiger charge is 2.15. The Morgan fingerprint density at radius 2 is 2.06 bits per heavy atom. The van der Waals surface area contributed by atoms with Crippen molar-refractivity contribution in [3.05, 3.63) is 28.5 Å². The van der Waals surface area contributed by atoms with Gasteiger partial charge in [-0.3, -0.25) is 4.90 Å². The molecule has 2 N–H and O–H groups in total. The van der Waals surface area contributed by atoms with Crippen LogP contribution in [0.15, 0.2) is 12.1 Å². The summed E-state index contributed by atoms with van der Waals surface area (Å²) >= 11 is 5.64. The van der Waals surface area contributed by atoms with Crippen LogP contribution in [-0.2, 0) is 6.54 Å². The topological polar surface area (TPSA) is 35.5 Å². The van der Waals surface area contributed by atoms with E-state index in [4.69, 9.17) is 11.6 Å². The lowest BCUT2D eigenvalue weighted by Gasteiger charge is -2.27. The molecule has 0 unspecified atom stereocenters. The number of rotatable bonds is 2. The van der Waals surface area contributed by atoms with E-state index in [9.17, 15) is 9.50 Å². The van der Waals surface area contributed by atoms with Gasteiger partial charge in [-0.2, -0.15) is 0 Å². The number of phenolic OH excluding ortho intramolecular Hbond substituents is 1. The number of phenols is 1. The van der Waals surface area contributed by atoms with Crippen molar-refractivity contribution in [3.63, 3.8) is 0 Å². The molecule has 1 fully saturated rings. The summed E-state index contributed by atoms with van der Waals surface area (Å²) in [7, 11) is 0. The molecule has 1 aliphatic rings. The van der Waals surface area contributed by atoms with Crippen LogP contribution in [0.1, 0.15) is 5.56 Å². The lowest BCUT2D eigenvalue weighted by molar-refractivity contribution is 0.230. The van der Waals surface area contributed by atoms with E-state index >= 15 is 0 Å². The third-order valence-corrected chi connectivity index (χ3v) is 3.11. The second-order valence-corrected chi connectivity index (χ2v) is 4.28. The number of benzene rings is 1.